The highest BCUT2D eigenvalue weighted by molar-refractivity contribution is 7.89. The summed E-state index contributed by atoms with van der Waals surface area (Å²) in [6, 6.07) is 6.71. The molecule has 4 fully saturated rings. The number of aryl methyl sites for hydroxylation is 1. The van der Waals surface area contributed by atoms with Gasteiger partial charge in [-0.3, -0.25) is 0 Å². The van der Waals surface area contributed by atoms with Gasteiger partial charge in [0.2, 0.25) is 10.0 Å². The van der Waals surface area contributed by atoms with Gasteiger partial charge in [0.05, 0.1) is 12.0 Å². The van der Waals surface area contributed by atoms with Crippen LogP contribution in [0.25, 0.3) is 0 Å². The number of hydrogen-bond donors (Lipinski definition) is 0. The summed E-state index contributed by atoms with van der Waals surface area (Å²) in [4.78, 5) is 14.4. The van der Waals surface area contributed by atoms with Crippen LogP contribution in [0.15, 0.2) is 29.3 Å². The second-order valence-corrected chi connectivity index (χ2v) is 14.4. The Morgan fingerprint density at radius 2 is 1.73 bits per heavy atom. The van der Waals surface area contributed by atoms with Crippen molar-refractivity contribution >= 4 is 15.8 Å². The van der Waals surface area contributed by atoms with Gasteiger partial charge in [-0.25, -0.2) is 13.4 Å². The van der Waals surface area contributed by atoms with Crippen molar-refractivity contribution < 1.29 is 17.9 Å². The summed E-state index contributed by atoms with van der Waals surface area (Å²) >= 11 is 0. The van der Waals surface area contributed by atoms with Crippen LogP contribution in [0, 0.1) is 19.3 Å². The number of benzene rings is 1. The molecule has 0 unspecified atom stereocenters. The average Bonchev–Trinajstić information content (AvgIpc) is 3.77. The van der Waals surface area contributed by atoms with E-state index in [0.29, 0.717) is 27.6 Å². The fraction of sp³-hybridized carbons (Fsp3) is 0.677. The molecule has 0 amide bonds. The van der Waals surface area contributed by atoms with Crippen molar-refractivity contribution in [2.45, 2.75) is 88.6 Å². The van der Waals surface area contributed by atoms with Crippen LogP contribution in [-0.2, 0) is 10.0 Å². The number of anilines is 1. The number of nitrogens with zero attached hydrogens (tertiary/aromatic N) is 5. The first-order chi connectivity index (χ1) is 19.8. The highest BCUT2D eigenvalue weighted by atomic mass is 32.2. The van der Waals surface area contributed by atoms with E-state index < -0.39 is 10.0 Å². The topological polar surface area (TPSA) is 88.1 Å². The summed E-state index contributed by atoms with van der Waals surface area (Å²) in [5.41, 5.74) is 1.86. The van der Waals surface area contributed by atoms with E-state index in [1.165, 1.54) is 58.0 Å². The summed E-state index contributed by atoms with van der Waals surface area (Å²) in [5.74, 6) is 1.47. The first-order valence-corrected chi connectivity index (χ1v) is 16.8. The van der Waals surface area contributed by atoms with Crippen molar-refractivity contribution in [1.29, 1.82) is 0 Å². The molecule has 6 rings (SSSR count). The lowest BCUT2D eigenvalue weighted by atomic mass is 9.66. The summed E-state index contributed by atoms with van der Waals surface area (Å²) in [6.07, 6.45) is 12.7. The highest BCUT2D eigenvalue weighted by Gasteiger charge is 2.41. The predicted molar refractivity (Wildman–Crippen MR) is 159 cm³/mol. The maximum Gasteiger partial charge on any atom is 0.318 e. The molecule has 0 atom stereocenters. The van der Waals surface area contributed by atoms with Gasteiger partial charge in [-0.1, -0.05) is 6.07 Å². The van der Waals surface area contributed by atoms with Crippen LogP contribution in [0.3, 0.4) is 0 Å². The Morgan fingerprint density at radius 3 is 2.37 bits per heavy atom. The Hall–Kier alpha value is -2.43. The van der Waals surface area contributed by atoms with Gasteiger partial charge in [0.25, 0.3) is 0 Å². The molecule has 2 aliphatic heterocycles. The van der Waals surface area contributed by atoms with Gasteiger partial charge in [0, 0.05) is 43.5 Å². The maximum absolute atomic E-state index is 13.8. The van der Waals surface area contributed by atoms with E-state index in [9.17, 15) is 8.42 Å². The van der Waals surface area contributed by atoms with Crippen molar-refractivity contribution in [2.24, 2.45) is 5.41 Å². The van der Waals surface area contributed by atoms with Gasteiger partial charge in [-0.05, 0) is 108 Å². The molecule has 3 heterocycles. The van der Waals surface area contributed by atoms with Crippen LogP contribution >= 0.6 is 0 Å². The lowest BCUT2D eigenvalue weighted by Crippen LogP contribution is -2.49. The Kier molecular flexibility index (Phi) is 8.17. The molecule has 2 aromatic rings. The lowest BCUT2D eigenvalue weighted by Gasteiger charge is -2.49. The Balaban J connectivity index is 1.05. The summed E-state index contributed by atoms with van der Waals surface area (Å²) < 4.78 is 40.6. The number of hydrogen-bond acceptors (Lipinski definition) is 8. The normalized spacial score (nSPS) is 21.7. The highest BCUT2D eigenvalue weighted by Crippen LogP contribution is 2.46. The molecule has 2 saturated heterocycles. The fourth-order valence-electron chi connectivity index (χ4n) is 7.21. The summed E-state index contributed by atoms with van der Waals surface area (Å²) in [7, 11) is -2.14. The van der Waals surface area contributed by atoms with Crippen LogP contribution in [0.5, 0.6) is 11.8 Å². The minimum Gasteiger partial charge on any atom is -0.496 e. The van der Waals surface area contributed by atoms with Crippen LogP contribution in [-0.4, -0.2) is 86.1 Å². The SMILES string of the molecule is COc1ccc(C)c(S(=O)(=O)N(CCOc2nccc(N3CCC4(CCC(N5CCC5)CC4)CC3)n2)C2CC2)c1C. The third-order valence-corrected chi connectivity index (χ3v) is 12.3. The molecule has 0 N–H and O–H groups in total. The maximum atomic E-state index is 13.8. The average molecular weight is 584 g/mol. The molecular weight excluding hydrogens is 538 g/mol. The lowest BCUT2D eigenvalue weighted by molar-refractivity contribution is 0.0387. The van der Waals surface area contributed by atoms with E-state index in [2.05, 4.69) is 14.8 Å². The second-order valence-electron chi connectivity index (χ2n) is 12.5. The number of rotatable bonds is 10. The minimum absolute atomic E-state index is 0.00231. The molecule has 1 spiro atoms. The zero-order valence-corrected chi connectivity index (χ0v) is 25.7. The first kappa shape index (κ1) is 28.7. The smallest absolute Gasteiger partial charge is 0.318 e. The van der Waals surface area contributed by atoms with Crippen LogP contribution in [0.4, 0.5) is 5.82 Å². The van der Waals surface area contributed by atoms with E-state index in [1.807, 2.05) is 19.1 Å². The van der Waals surface area contributed by atoms with E-state index in [0.717, 1.165) is 43.4 Å². The number of ether oxygens (including phenoxy) is 2. The van der Waals surface area contributed by atoms with Crippen molar-refractivity contribution in [3.05, 3.63) is 35.5 Å². The molecule has 1 aromatic heterocycles. The van der Waals surface area contributed by atoms with E-state index in [4.69, 9.17) is 14.5 Å². The molecule has 0 radical (unpaired) electrons. The predicted octanol–water partition coefficient (Wildman–Crippen LogP) is 4.57. The van der Waals surface area contributed by atoms with Crippen LogP contribution < -0.4 is 14.4 Å². The van der Waals surface area contributed by atoms with Crippen molar-refractivity contribution in [3.8, 4) is 11.8 Å². The van der Waals surface area contributed by atoms with Gasteiger partial charge in [0.15, 0.2) is 0 Å². The first-order valence-electron chi connectivity index (χ1n) is 15.4. The fourth-order valence-corrected chi connectivity index (χ4v) is 9.32. The van der Waals surface area contributed by atoms with Crippen LogP contribution in [0.2, 0.25) is 0 Å². The molecular formula is C31H45N5O4S. The van der Waals surface area contributed by atoms with E-state index in [-0.39, 0.29) is 19.2 Å². The molecule has 2 saturated carbocycles. The van der Waals surface area contributed by atoms with Gasteiger partial charge < -0.3 is 19.3 Å². The summed E-state index contributed by atoms with van der Waals surface area (Å²) in [5, 5.41) is 0. The minimum atomic E-state index is -3.71. The standard InChI is InChI=1S/C31H45N5O4S/c1-23-5-8-27(39-3)24(2)29(23)41(37,38)36(26-6-7-26)21-22-40-30-32-16-11-28(33-30)35-19-14-31(15-20-35)12-9-25(10-13-31)34-17-4-18-34/h5,8,11,16,25-26H,4,6-7,9-10,12-15,17-22H2,1-3H3. The summed E-state index contributed by atoms with van der Waals surface area (Å²) in [6.45, 7) is 8.72. The van der Waals surface area contributed by atoms with Crippen LogP contribution in [0.1, 0.15) is 68.9 Å². The van der Waals surface area contributed by atoms with E-state index >= 15 is 0 Å². The second kappa shape index (κ2) is 11.7. The molecule has 4 aliphatic rings. The molecule has 2 aliphatic carbocycles. The van der Waals surface area contributed by atoms with Gasteiger partial charge >= 0.3 is 6.01 Å². The quantitative estimate of drug-likeness (QED) is 0.402. The number of methoxy groups -OCH3 is 1. The molecule has 0 bridgehead atoms. The number of sulfonamides is 1. The molecule has 41 heavy (non-hydrogen) atoms. The third kappa shape index (κ3) is 5.92. The van der Waals surface area contributed by atoms with Crippen molar-refractivity contribution in [3.63, 3.8) is 0 Å². The molecule has 224 valence electrons. The number of likely N-dealkylation sites (tertiary alicyclic amines) is 1. The van der Waals surface area contributed by atoms with Gasteiger partial charge in [-0.2, -0.15) is 9.29 Å². The van der Waals surface area contributed by atoms with E-state index in [1.54, 1.807) is 30.6 Å². The number of piperidine rings is 1. The third-order valence-electron chi connectivity index (χ3n) is 10.0. The van der Waals surface area contributed by atoms with Crippen molar-refractivity contribution in [1.82, 2.24) is 19.2 Å². The zero-order chi connectivity index (χ0) is 28.6. The Bertz CT molecular complexity index is 1330. The Labute approximate surface area is 245 Å². The van der Waals surface area contributed by atoms with Crippen molar-refractivity contribution in [2.75, 3.05) is 51.3 Å². The molecule has 1 aromatic carbocycles. The Morgan fingerprint density at radius 1 is 1.00 bits per heavy atom. The monoisotopic (exact) mass is 583 g/mol. The molecule has 10 heteroatoms. The zero-order valence-electron chi connectivity index (χ0n) is 24.8. The largest absolute Gasteiger partial charge is 0.496 e. The van der Waals surface area contributed by atoms with Gasteiger partial charge in [-0.15, -0.1) is 0 Å². The van der Waals surface area contributed by atoms with Gasteiger partial charge in [0.1, 0.15) is 18.2 Å². The number of aromatic nitrogens is 2. The molecule has 9 nitrogen and oxygen atoms in total.